The minimum atomic E-state index is -0.505. The van der Waals surface area contributed by atoms with Gasteiger partial charge in [0.1, 0.15) is 16.9 Å². The van der Waals surface area contributed by atoms with Crippen LogP contribution in [0.4, 0.5) is 4.39 Å². The molecule has 0 amide bonds. The number of aromatic nitrogens is 3. The fourth-order valence-corrected chi connectivity index (χ4v) is 3.91. The van der Waals surface area contributed by atoms with E-state index < -0.39 is 5.25 Å². The zero-order chi connectivity index (χ0) is 19.6. The standard InChI is InChI=1S/C19H19FN4O2S/c1-12-4-9-17(10-13(12)2)24-14(3)21-22-19(24)27-18(11-23(25)26)15-5-7-16(20)8-6-15/h4-10,18H,11H2,1-3H3/t18-/m1/s1. The molecule has 0 N–H and O–H groups in total. The number of hydrogen-bond acceptors (Lipinski definition) is 5. The Morgan fingerprint density at radius 3 is 2.44 bits per heavy atom. The van der Waals surface area contributed by atoms with Gasteiger partial charge in [-0.2, -0.15) is 0 Å². The lowest BCUT2D eigenvalue weighted by molar-refractivity contribution is -0.479. The van der Waals surface area contributed by atoms with E-state index in [1.807, 2.05) is 43.5 Å². The van der Waals surface area contributed by atoms with Gasteiger partial charge in [0, 0.05) is 10.6 Å². The Labute approximate surface area is 160 Å². The highest BCUT2D eigenvalue weighted by atomic mass is 32.2. The second-order valence-corrected chi connectivity index (χ2v) is 7.48. The highest BCUT2D eigenvalue weighted by Crippen LogP contribution is 2.36. The first-order valence-corrected chi connectivity index (χ1v) is 9.26. The molecule has 0 saturated carbocycles. The maximum Gasteiger partial charge on any atom is 0.220 e. The van der Waals surface area contributed by atoms with Crippen molar-refractivity contribution in [3.63, 3.8) is 0 Å². The lowest BCUT2D eigenvalue weighted by Gasteiger charge is -2.15. The first-order valence-electron chi connectivity index (χ1n) is 8.38. The first kappa shape index (κ1) is 19.0. The topological polar surface area (TPSA) is 73.8 Å². The maximum absolute atomic E-state index is 13.2. The fraction of sp³-hybridized carbons (Fsp3) is 0.263. The van der Waals surface area contributed by atoms with Crippen LogP contribution in [0.25, 0.3) is 5.69 Å². The van der Waals surface area contributed by atoms with E-state index >= 15 is 0 Å². The minimum Gasteiger partial charge on any atom is -0.274 e. The average Bonchev–Trinajstić information content (AvgIpc) is 2.97. The molecule has 0 fully saturated rings. The number of halogens is 1. The fourth-order valence-electron chi connectivity index (χ4n) is 2.73. The van der Waals surface area contributed by atoms with Gasteiger partial charge in [0.15, 0.2) is 5.16 Å². The molecule has 0 aliphatic carbocycles. The summed E-state index contributed by atoms with van der Waals surface area (Å²) < 4.78 is 15.1. The molecule has 0 unspecified atom stereocenters. The van der Waals surface area contributed by atoms with E-state index in [-0.39, 0.29) is 17.3 Å². The van der Waals surface area contributed by atoms with E-state index in [1.54, 1.807) is 12.1 Å². The predicted molar refractivity (Wildman–Crippen MR) is 102 cm³/mol. The second kappa shape index (κ2) is 7.87. The molecular formula is C19H19FN4O2S. The maximum atomic E-state index is 13.2. The van der Waals surface area contributed by atoms with E-state index in [0.29, 0.717) is 16.5 Å². The van der Waals surface area contributed by atoms with Crippen LogP contribution < -0.4 is 0 Å². The Balaban J connectivity index is 1.98. The van der Waals surface area contributed by atoms with Crippen molar-refractivity contribution in [3.8, 4) is 5.69 Å². The summed E-state index contributed by atoms with van der Waals surface area (Å²) >= 11 is 1.25. The molecule has 0 aliphatic heterocycles. The number of hydrogen-bond donors (Lipinski definition) is 0. The number of aryl methyl sites for hydroxylation is 3. The van der Waals surface area contributed by atoms with Crippen molar-refractivity contribution in [2.45, 2.75) is 31.2 Å². The number of nitrogens with zero attached hydrogens (tertiary/aromatic N) is 4. The van der Waals surface area contributed by atoms with Crippen LogP contribution in [0.1, 0.15) is 27.8 Å². The molecule has 1 atom stereocenters. The van der Waals surface area contributed by atoms with Crippen LogP contribution in [0.3, 0.4) is 0 Å². The SMILES string of the molecule is Cc1ccc(-n2c(C)nnc2S[C@H](C[N+](=O)[O-])c2ccc(F)cc2)cc1C. The normalized spacial score (nSPS) is 12.1. The molecule has 1 heterocycles. The molecule has 0 spiro atoms. The number of rotatable bonds is 6. The Kier molecular flexibility index (Phi) is 5.55. The third-order valence-corrected chi connectivity index (χ3v) is 5.53. The van der Waals surface area contributed by atoms with Crippen molar-refractivity contribution in [2.24, 2.45) is 0 Å². The molecule has 0 bridgehead atoms. The van der Waals surface area contributed by atoms with Gasteiger partial charge >= 0.3 is 0 Å². The molecule has 140 valence electrons. The Morgan fingerprint density at radius 1 is 1.11 bits per heavy atom. The van der Waals surface area contributed by atoms with Crippen molar-refractivity contribution in [1.82, 2.24) is 14.8 Å². The molecule has 27 heavy (non-hydrogen) atoms. The van der Waals surface area contributed by atoms with Crippen molar-refractivity contribution in [1.29, 1.82) is 0 Å². The molecule has 3 aromatic rings. The van der Waals surface area contributed by atoms with Crippen LogP contribution in [0.15, 0.2) is 47.6 Å². The molecular weight excluding hydrogens is 367 g/mol. The van der Waals surface area contributed by atoms with Gasteiger partial charge in [0.2, 0.25) is 6.54 Å². The summed E-state index contributed by atoms with van der Waals surface area (Å²) in [4.78, 5) is 10.8. The van der Waals surface area contributed by atoms with Gasteiger partial charge in [-0.3, -0.25) is 14.7 Å². The van der Waals surface area contributed by atoms with Gasteiger partial charge in [-0.05, 0) is 61.7 Å². The first-order chi connectivity index (χ1) is 12.8. The molecule has 6 nitrogen and oxygen atoms in total. The van der Waals surface area contributed by atoms with Gasteiger partial charge in [-0.1, -0.05) is 30.0 Å². The van der Waals surface area contributed by atoms with Crippen molar-refractivity contribution in [3.05, 3.63) is 80.9 Å². The number of nitro groups is 1. The Bertz CT molecular complexity index is 972. The van der Waals surface area contributed by atoms with E-state index in [4.69, 9.17) is 0 Å². The smallest absolute Gasteiger partial charge is 0.220 e. The lowest BCUT2D eigenvalue weighted by atomic mass is 10.1. The third-order valence-electron chi connectivity index (χ3n) is 4.35. The zero-order valence-electron chi connectivity index (χ0n) is 15.2. The van der Waals surface area contributed by atoms with Crippen molar-refractivity contribution < 1.29 is 9.31 Å². The van der Waals surface area contributed by atoms with E-state index in [0.717, 1.165) is 11.3 Å². The quantitative estimate of drug-likeness (QED) is 0.356. The highest BCUT2D eigenvalue weighted by molar-refractivity contribution is 7.99. The Hall–Kier alpha value is -2.74. The van der Waals surface area contributed by atoms with Crippen molar-refractivity contribution >= 4 is 11.8 Å². The third kappa shape index (κ3) is 4.33. The van der Waals surface area contributed by atoms with Gasteiger partial charge in [-0.25, -0.2) is 4.39 Å². The van der Waals surface area contributed by atoms with Gasteiger partial charge in [-0.15, -0.1) is 10.2 Å². The van der Waals surface area contributed by atoms with Gasteiger partial charge in [0.05, 0.1) is 0 Å². The van der Waals surface area contributed by atoms with E-state index in [2.05, 4.69) is 10.2 Å². The lowest BCUT2D eigenvalue weighted by Crippen LogP contribution is -2.11. The summed E-state index contributed by atoms with van der Waals surface area (Å²) in [6, 6.07) is 11.8. The predicted octanol–water partition coefficient (Wildman–Crippen LogP) is 4.44. The monoisotopic (exact) mass is 386 g/mol. The number of thioether (sulfide) groups is 1. The summed E-state index contributed by atoms with van der Waals surface area (Å²) in [5.74, 6) is 0.317. The van der Waals surface area contributed by atoms with Crippen LogP contribution in [0.2, 0.25) is 0 Å². The van der Waals surface area contributed by atoms with Crippen LogP contribution in [-0.4, -0.2) is 26.2 Å². The van der Waals surface area contributed by atoms with E-state index in [1.165, 1.54) is 29.5 Å². The average molecular weight is 386 g/mol. The summed E-state index contributed by atoms with van der Waals surface area (Å²) in [6.45, 7) is 5.61. The second-order valence-electron chi connectivity index (χ2n) is 6.31. The largest absolute Gasteiger partial charge is 0.274 e. The molecule has 3 rings (SSSR count). The summed E-state index contributed by atoms with van der Waals surface area (Å²) in [7, 11) is 0. The van der Waals surface area contributed by atoms with Crippen LogP contribution in [0.5, 0.6) is 0 Å². The molecule has 2 aromatic carbocycles. The van der Waals surface area contributed by atoms with Crippen molar-refractivity contribution in [2.75, 3.05) is 6.54 Å². The molecule has 8 heteroatoms. The number of benzene rings is 2. The van der Waals surface area contributed by atoms with Crippen LogP contribution in [-0.2, 0) is 0 Å². The Morgan fingerprint density at radius 2 is 1.81 bits per heavy atom. The molecule has 1 aromatic heterocycles. The summed E-state index contributed by atoms with van der Waals surface area (Å²) in [5, 5.41) is 19.6. The molecule has 0 aliphatic rings. The van der Waals surface area contributed by atoms with Gasteiger partial charge in [0.25, 0.3) is 0 Å². The van der Waals surface area contributed by atoms with Gasteiger partial charge < -0.3 is 0 Å². The highest BCUT2D eigenvalue weighted by Gasteiger charge is 2.23. The van der Waals surface area contributed by atoms with Crippen LogP contribution >= 0.6 is 11.8 Å². The van der Waals surface area contributed by atoms with E-state index in [9.17, 15) is 14.5 Å². The summed E-state index contributed by atoms with van der Waals surface area (Å²) in [5.41, 5.74) is 3.89. The molecule has 0 saturated heterocycles. The molecule has 0 radical (unpaired) electrons. The zero-order valence-corrected chi connectivity index (χ0v) is 16.0. The van der Waals surface area contributed by atoms with Crippen LogP contribution in [0, 0.1) is 36.7 Å². The summed E-state index contributed by atoms with van der Waals surface area (Å²) in [6.07, 6.45) is 0. The minimum absolute atomic E-state index is 0.296.